The van der Waals surface area contributed by atoms with E-state index < -0.39 is 30.0 Å². The Balaban J connectivity index is 2.65. The van der Waals surface area contributed by atoms with Crippen molar-refractivity contribution < 1.29 is 20.1 Å². The third-order valence-corrected chi connectivity index (χ3v) is 3.70. The predicted molar refractivity (Wildman–Crippen MR) is 82.6 cm³/mol. The maximum Gasteiger partial charge on any atom is 0.310 e. The number of aliphatic hydroxyl groups excluding tert-OH is 2. The lowest BCUT2D eigenvalue weighted by Crippen LogP contribution is -2.43. The first-order valence-electron chi connectivity index (χ1n) is 7.26. The van der Waals surface area contributed by atoms with E-state index in [9.17, 15) is 15.0 Å². The van der Waals surface area contributed by atoms with Gasteiger partial charge in [0, 0.05) is 5.92 Å². The Kier molecular flexibility index (Phi) is 7.12. The zero-order chi connectivity index (χ0) is 15.8. The maximum atomic E-state index is 11.2. The molecular weight excluding hydrogens is 268 g/mol. The van der Waals surface area contributed by atoms with Gasteiger partial charge in [0.1, 0.15) is 0 Å². The Hall–Kier alpha value is -1.65. The highest BCUT2D eigenvalue weighted by molar-refractivity contribution is 5.72. The van der Waals surface area contributed by atoms with Gasteiger partial charge < -0.3 is 15.3 Å². The topological polar surface area (TPSA) is 77.8 Å². The summed E-state index contributed by atoms with van der Waals surface area (Å²) in [4.78, 5) is 11.2. The molecule has 1 aliphatic rings. The van der Waals surface area contributed by atoms with E-state index in [1.165, 1.54) is 6.08 Å². The van der Waals surface area contributed by atoms with Gasteiger partial charge >= 0.3 is 5.97 Å². The molecule has 4 heteroatoms. The number of aliphatic hydroxyl groups is 2. The zero-order valence-corrected chi connectivity index (χ0v) is 12.5. The highest BCUT2D eigenvalue weighted by atomic mass is 16.4. The number of hydrogen-bond donors (Lipinski definition) is 3. The van der Waals surface area contributed by atoms with Crippen LogP contribution < -0.4 is 0 Å². The average molecular weight is 292 g/mol. The molecule has 0 aromatic carbocycles. The summed E-state index contributed by atoms with van der Waals surface area (Å²) in [6.07, 6.45) is 13.0. The number of carbonyl (C=O) groups is 1. The maximum absolute atomic E-state index is 11.2. The van der Waals surface area contributed by atoms with Crippen LogP contribution in [0.4, 0.5) is 0 Å². The largest absolute Gasteiger partial charge is 0.481 e. The van der Waals surface area contributed by atoms with Crippen LogP contribution in [0.3, 0.4) is 0 Å². The van der Waals surface area contributed by atoms with Crippen LogP contribution in [0.15, 0.2) is 48.6 Å². The van der Waals surface area contributed by atoms with Gasteiger partial charge in [-0.1, -0.05) is 68.9 Å². The third kappa shape index (κ3) is 5.33. The van der Waals surface area contributed by atoms with E-state index in [1.54, 1.807) is 18.2 Å². The monoisotopic (exact) mass is 292 g/mol. The van der Waals surface area contributed by atoms with Gasteiger partial charge in [0.25, 0.3) is 0 Å². The SMILES string of the molecule is CCC(C)/C=C/C=C/C=C/[C@H]1C=C[C@H](O)[C@@H](O)[C@@H]1C(=O)O. The minimum Gasteiger partial charge on any atom is -0.481 e. The van der Waals surface area contributed by atoms with E-state index in [2.05, 4.69) is 19.9 Å². The van der Waals surface area contributed by atoms with Gasteiger partial charge in [-0.3, -0.25) is 4.79 Å². The van der Waals surface area contributed by atoms with Crippen LogP contribution in [0.5, 0.6) is 0 Å². The first-order chi connectivity index (χ1) is 9.97. The molecule has 0 saturated heterocycles. The molecule has 116 valence electrons. The molecular formula is C17H24O4. The van der Waals surface area contributed by atoms with Crippen molar-refractivity contribution in [2.45, 2.75) is 32.5 Å². The molecule has 1 rings (SSSR count). The Bertz CT molecular complexity index is 448. The van der Waals surface area contributed by atoms with Crippen LogP contribution in [0, 0.1) is 17.8 Å². The molecule has 0 aromatic heterocycles. The summed E-state index contributed by atoms with van der Waals surface area (Å²) in [6, 6.07) is 0. The summed E-state index contributed by atoms with van der Waals surface area (Å²) < 4.78 is 0. The van der Waals surface area contributed by atoms with Crippen molar-refractivity contribution >= 4 is 5.97 Å². The molecule has 0 heterocycles. The van der Waals surface area contributed by atoms with Gasteiger partial charge in [-0.05, 0) is 5.92 Å². The lowest BCUT2D eigenvalue weighted by atomic mass is 9.80. The number of allylic oxidation sites excluding steroid dienone is 7. The molecule has 21 heavy (non-hydrogen) atoms. The standard InChI is InChI=1S/C17H24O4/c1-3-12(2)8-6-4-5-7-9-13-10-11-14(18)16(19)15(13)17(20)21/h4-16,18-19H,3H2,1-2H3,(H,20,21)/b5-4+,8-6+,9-7+/t12?,13-,14-,15+,16+/m0/s1. The van der Waals surface area contributed by atoms with Crippen molar-refractivity contribution in [3.63, 3.8) is 0 Å². The van der Waals surface area contributed by atoms with Crippen LogP contribution in [-0.4, -0.2) is 33.5 Å². The first-order valence-corrected chi connectivity index (χ1v) is 7.26. The van der Waals surface area contributed by atoms with Crippen molar-refractivity contribution in [2.75, 3.05) is 0 Å². The number of carboxylic acids is 1. The summed E-state index contributed by atoms with van der Waals surface area (Å²) in [6.45, 7) is 4.26. The van der Waals surface area contributed by atoms with Gasteiger partial charge in [0.15, 0.2) is 0 Å². The fourth-order valence-corrected chi connectivity index (χ4v) is 2.12. The first kappa shape index (κ1) is 17.4. The lowest BCUT2D eigenvalue weighted by Gasteiger charge is -2.29. The van der Waals surface area contributed by atoms with Crippen LogP contribution in [0.1, 0.15) is 20.3 Å². The van der Waals surface area contributed by atoms with Gasteiger partial charge in [-0.15, -0.1) is 0 Å². The van der Waals surface area contributed by atoms with Crippen LogP contribution >= 0.6 is 0 Å². The van der Waals surface area contributed by atoms with Crippen molar-refractivity contribution in [1.82, 2.24) is 0 Å². The Morgan fingerprint density at radius 2 is 1.86 bits per heavy atom. The minimum absolute atomic E-state index is 0.427. The van der Waals surface area contributed by atoms with Crippen LogP contribution in [0.2, 0.25) is 0 Å². The molecule has 0 fully saturated rings. The Labute approximate surface area is 125 Å². The highest BCUT2D eigenvalue weighted by Crippen LogP contribution is 2.27. The van der Waals surface area contributed by atoms with Crippen LogP contribution in [-0.2, 0) is 4.79 Å². The van der Waals surface area contributed by atoms with Crippen molar-refractivity contribution in [3.8, 4) is 0 Å². The van der Waals surface area contributed by atoms with Crippen molar-refractivity contribution in [3.05, 3.63) is 48.6 Å². The number of carboxylic acid groups (broad SMARTS) is 1. The number of aliphatic carboxylic acids is 1. The molecule has 0 aliphatic heterocycles. The second-order valence-electron chi connectivity index (χ2n) is 5.35. The summed E-state index contributed by atoms with van der Waals surface area (Å²) in [7, 11) is 0. The molecule has 5 atom stereocenters. The fourth-order valence-electron chi connectivity index (χ4n) is 2.12. The molecule has 1 aliphatic carbocycles. The predicted octanol–water partition coefficient (Wildman–Crippen LogP) is 2.31. The normalized spacial score (nSPS) is 31.4. The molecule has 0 aromatic rings. The van der Waals surface area contributed by atoms with E-state index >= 15 is 0 Å². The van der Waals surface area contributed by atoms with Crippen LogP contribution in [0.25, 0.3) is 0 Å². The Morgan fingerprint density at radius 1 is 1.19 bits per heavy atom. The summed E-state index contributed by atoms with van der Waals surface area (Å²) in [5.74, 6) is -2.02. The van der Waals surface area contributed by atoms with E-state index in [1.807, 2.05) is 18.2 Å². The van der Waals surface area contributed by atoms with E-state index in [0.29, 0.717) is 5.92 Å². The van der Waals surface area contributed by atoms with Gasteiger partial charge in [0.2, 0.25) is 0 Å². The van der Waals surface area contributed by atoms with E-state index in [4.69, 9.17) is 5.11 Å². The molecule has 1 unspecified atom stereocenters. The van der Waals surface area contributed by atoms with E-state index in [0.717, 1.165) is 6.42 Å². The summed E-state index contributed by atoms with van der Waals surface area (Å²) >= 11 is 0. The van der Waals surface area contributed by atoms with Gasteiger partial charge in [-0.25, -0.2) is 0 Å². The summed E-state index contributed by atoms with van der Waals surface area (Å²) in [5.41, 5.74) is 0. The molecule has 0 amide bonds. The van der Waals surface area contributed by atoms with Gasteiger partial charge in [-0.2, -0.15) is 0 Å². The fraction of sp³-hybridized carbons (Fsp3) is 0.471. The molecule has 0 spiro atoms. The second-order valence-corrected chi connectivity index (χ2v) is 5.35. The average Bonchev–Trinajstić information content (AvgIpc) is 2.45. The molecule has 0 bridgehead atoms. The molecule has 0 saturated carbocycles. The molecule has 3 N–H and O–H groups in total. The smallest absolute Gasteiger partial charge is 0.310 e. The van der Waals surface area contributed by atoms with Crippen molar-refractivity contribution in [1.29, 1.82) is 0 Å². The second kappa shape index (κ2) is 8.60. The Morgan fingerprint density at radius 3 is 2.48 bits per heavy atom. The van der Waals surface area contributed by atoms with Gasteiger partial charge in [0.05, 0.1) is 18.1 Å². The zero-order valence-electron chi connectivity index (χ0n) is 12.5. The molecule has 4 nitrogen and oxygen atoms in total. The highest BCUT2D eigenvalue weighted by Gasteiger charge is 2.38. The van der Waals surface area contributed by atoms with Crippen molar-refractivity contribution in [2.24, 2.45) is 17.8 Å². The number of rotatable bonds is 6. The quantitative estimate of drug-likeness (QED) is 0.518. The molecule has 0 radical (unpaired) electrons. The third-order valence-electron chi connectivity index (χ3n) is 3.70. The van der Waals surface area contributed by atoms with E-state index in [-0.39, 0.29) is 0 Å². The lowest BCUT2D eigenvalue weighted by molar-refractivity contribution is -0.150. The minimum atomic E-state index is -1.28. The number of hydrogen-bond acceptors (Lipinski definition) is 3. The summed E-state index contributed by atoms with van der Waals surface area (Å²) in [5, 5.41) is 28.4.